The molecule has 7 nitrogen and oxygen atoms in total. The van der Waals surface area contributed by atoms with Crippen LogP contribution < -0.4 is 20.7 Å². The fraction of sp³-hybridized carbons (Fsp3) is 0.207. The van der Waals surface area contributed by atoms with Gasteiger partial charge >= 0.3 is 0 Å². The van der Waals surface area contributed by atoms with Crippen LogP contribution in [0.1, 0.15) is 25.8 Å². The molecule has 38 heavy (non-hydrogen) atoms. The number of halogens is 1. The van der Waals surface area contributed by atoms with Crippen molar-refractivity contribution in [1.82, 2.24) is 14.7 Å². The molecule has 0 saturated heterocycles. The summed E-state index contributed by atoms with van der Waals surface area (Å²) in [4.78, 5) is 23.6. The van der Waals surface area contributed by atoms with Crippen molar-refractivity contribution in [2.75, 3.05) is 29.0 Å². The lowest BCUT2D eigenvalue weighted by molar-refractivity contribution is -0.120. The summed E-state index contributed by atoms with van der Waals surface area (Å²) in [5.41, 5.74) is 3.45. The Morgan fingerprint density at radius 2 is 1.84 bits per heavy atom. The van der Waals surface area contributed by atoms with Gasteiger partial charge in [-0.15, -0.1) is 0 Å². The van der Waals surface area contributed by atoms with Gasteiger partial charge in [-0.3, -0.25) is 9.52 Å². The quantitative estimate of drug-likeness (QED) is 0.208. The van der Waals surface area contributed by atoms with Crippen molar-refractivity contribution in [3.63, 3.8) is 0 Å². The second-order valence-electron chi connectivity index (χ2n) is 9.52. The SMILES string of the molecule is CC(C)(C(=O)Nc1ccc(-c2cnc3nc2NCCCNSc2cccc(c2)N3)cc1)c1ccccc1Cl. The maximum atomic E-state index is 13.1. The van der Waals surface area contributed by atoms with Crippen molar-refractivity contribution in [3.8, 4) is 11.1 Å². The summed E-state index contributed by atoms with van der Waals surface area (Å²) in [5.74, 6) is 1.14. The maximum absolute atomic E-state index is 13.1. The van der Waals surface area contributed by atoms with Gasteiger partial charge in [-0.2, -0.15) is 4.98 Å². The van der Waals surface area contributed by atoms with E-state index in [1.165, 1.54) is 0 Å². The average Bonchev–Trinajstić information content (AvgIpc) is 2.92. The molecule has 0 saturated carbocycles. The van der Waals surface area contributed by atoms with Gasteiger partial charge in [-0.05, 0) is 79.7 Å². The highest BCUT2D eigenvalue weighted by molar-refractivity contribution is 7.97. The van der Waals surface area contributed by atoms with Crippen LogP contribution in [0.25, 0.3) is 11.1 Å². The van der Waals surface area contributed by atoms with Gasteiger partial charge in [0.15, 0.2) is 0 Å². The Balaban J connectivity index is 1.36. The second kappa shape index (κ2) is 11.4. The lowest BCUT2D eigenvalue weighted by Crippen LogP contribution is -2.35. The Kier molecular flexibility index (Phi) is 7.83. The average molecular weight is 545 g/mol. The summed E-state index contributed by atoms with van der Waals surface area (Å²) in [6.07, 6.45) is 2.76. The number of aromatic nitrogens is 2. The first kappa shape index (κ1) is 26.0. The first-order valence-electron chi connectivity index (χ1n) is 12.4. The van der Waals surface area contributed by atoms with E-state index in [4.69, 9.17) is 16.6 Å². The molecular weight excluding hydrogens is 516 g/mol. The van der Waals surface area contributed by atoms with E-state index in [-0.39, 0.29) is 5.91 Å². The number of rotatable bonds is 4. The predicted molar refractivity (Wildman–Crippen MR) is 157 cm³/mol. The first-order chi connectivity index (χ1) is 18.4. The molecule has 3 aromatic carbocycles. The number of amides is 1. The summed E-state index contributed by atoms with van der Waals surface area (Å²) >= 11 is 7.98. The number of hydrogen-bond acceptors (Lipinski definition) is 7. The molecule has 9 heteroatoms. The highest BCUT2D eigenvalue weighted by Crippen LogP contribution is 2.32. The predicted octanol–water partition coefficient (Wildman–Crippen LogP) is 6.87. The molecule has 4 N–H and O–H groups in total. The second-order valence-corrected chi connectivity index (χ2v) is 10.9. The van der Waals surface area contributed by atoms with Crippen molar-refractivity contribution in [1.29, 1.82) is 0 Å². The fourth-order valence-electron chi connectivity index (χ4n) is 4.17. The van der Waals surface area contributed by atoms with Gasteiger partial charge in [0.1, 0.15) is 5.82 Å². The molecule has 1 aromatic heterocycles. The minimum Gasteiger partial charge on any atom is -0.369 e. The lowest BCUT2D eigenvalue weighted by Gasteiger charge is -2.25. The molecular formula is C29H29ClN6OS. The van der Waals surface area contributed by atoms with Crippen molar-refractivity contribution in [2.24, 2.45) is 0 Å². The molecule has 1 aliphatic rings. The van der Waals surface area contributed by atoms with Crippen LogP contribution >= 0.6 is 23.5 Å². The Bertz CT molecular complexity index is 1440. The highest BCUT2D eigenvalue weighted by atomic mass is 35.5. The Morgan fingerprint density at radius 1 is 1.03 bits per heavy atom. The molecule has 1 amide bonds. The van der Waals surface area contributed by atoms with Crippen LogP contribution in [-0.2, 0) is 10.2 Å². The molecule has 1 aliphatic heterocycles. The first-order valence-corrected chi connectivity index (χ1v) is 13.6. The van der Waals surface area contributed by atoms with Crippen LogP contribution in [0, 0.1) is 0 Å². The summed E-state index contributed by atoms with van der Waals surface area (Å²) in [5, 5.41) is 10.4. The van der Waals surface area contributed by atoms with Crippen molar-refractivity contribution < 1.29 is 4.79 Å². The van der Waals surface area contributed by atoms with Gasteiger partial charge in [-0.25, -0.2) is 4.98 Å². The molecule has 5 rings (SSSR count). The standard InChI is InChI=1S/C29H29ClN6OS/c1-29(2,24-9-3-4-10-25(24)30)27(37)34-20-13-11-19(12-14-20)23-18-32-28-35-21-7-5-8-22(17-21)38-33-16-6-15-31-26(23)36-28/h3-5,7-14,17-18,33H,6,15-16H2,1-2H3,(H,34,37)(H2,31,32,35,36). The van der Waals surface area contributed by atoms with E-state index < -0.39 is 5.41 Å². The number of carbonyl (C=O) groups excluding carboxylic acids is 1. The Hall–Kier alpha value is -3.59. The minimum absolute atomic E-state index is 0.132. The van der Waals surface area contributed by atoms with E-state index in [9.17, 15) is 4.79 Å². The number of carbonyl (C=O) groups is 1. The lowest BCUT2D eigenvalue weighted by atomic mass is 9.83. The van der Waals surface area contributed by atoms with Crippen molar-refractivity contribution in [2.45, 2.75) is 30.6 Å². The van der Waals surface area contributed by atoms with E-state index in [1.807, 2.05) is 74.6 Å². The van der Waals surface area contributed by atoms with Crippen LogP contribution in [0.15, 0.2) is 83.9 Å². The number of anilines is 4. The van der Waals surface area contributed by atoms with Gasteiger partial charge in [0, 0.05) is 46.1 Å². The number of nitrogens with zero attached hydrogens (tertiary/aromatic N) is 2. The third-order valence-corrected chi connectivity index (χ3v) is 7.55. The van der Waals surface area contributed by atoms with Crippen molar-refractivity contribution >= 4 is 52.6 Å². The van der Waals surface area contributed by atoms with Crippen molar-refractivity contribution in [3.05, 3.63) is 89.6 Å². The van der Waals surface area contributed by atoms with Gasteiger partial charge in [0.05, 0.1) is 5.41 Å². The number of nitrogens with one attached hydrogen (secondary N) is 4. The molecule has 2 heterocycles. The van der Waals surface area contributed by atoms with Gasteiger partial charge < -0.3 is 16.0 Å². The van der Waals surface area contributed by atoms with Crippen LogP contribution in [0.4, 0.5) is 23.1 Å². The van der Waals surface area contributed by atoms with E-state index in [2.05, 4.69) is 37.8 Å². The zero-order valence-electron chi connectivity index (χ0n) is 21.2. The van der Waals surface area contributed by atoms with E-state index >= 15 is 0 Å². The third kappa shape index (κ3) is 5.93. The van der Waals surface area contributed by atoms with Gasteiger partial charge in [-0.1, -0.05) is 48.0 Å². The molecule has 0 unspecified atom stereocenters. The molecule has 0 spiro atoms. The Morgan fingerprint density at radius 3 is 2.66 bits per heavy atom. The zero-order valence-corrected chi connectivity index (χ0v) is 22.8. The van der Waals surface area contributed by atoms with Crippen LogP contribution in [0.3, 0.4) is 0 Å². The molecule has 194 valence electrons. The summed E-state index contributed by atoms with van der Waals surface area (Å²) < 4.78 is 3.40. The van der Waals surface area contributed by atoms with Crippen LogP contribution in [0.2, 0.25) is 5.02 Å². The molecule has 4 bridgehead atoms. The maximum Gasteiger partial charge on any atom is 0.234 e. The molecule has 0 atom stereocenters. The van der Waals surface area contributed by atoms with E-state index in [1.54, 1.807) is 18.0 Å². The fourth-order valence-corrected chi connectivity index (χ4v) is 5.28. The highest BCUT2D eigenvalue weighted by Gasteiger charge is 2.31. The molecule has 4 aromatic rings. The number of hydrogen-bond donors (Lipinski definition) is 4. The van der Waals surface area contributed by atoms with Crippen LogP contribution in [0.5, 0.6) is 0 Å². The monoisotopic (exact) mass is 544 g/mol. The molecule has 0 fully saturated rings. The number of benzene rings is 3. The zero-order chi connectivity index (χ0) is 26.5. The molecule has 0 aliphatic carbocycles. The van der Waals surface area contributed by atoms with Gasteiger partial charge in [0.25, 0.3) is 0 Å². The summed E-state index contributed by atoms with van der Waals surface area (Å²) in [7, 11) is 0. The smallest absolute Gasteiger partial charge is 0.234 e. The van der Waals surface area contributed by atoms with Gasteiger partial charge in [0.2, 0.25) is 11.9 Å². The van der Waals surface area contributed by atoms with Crippen LogP contribution in [-0.4, -0.2) is 29.0 Å². The summed E-state index contributed by atoms with van der Waals surface area (Å²) in [6.45, 7) is 5.37. The largest absolute Gasteiger partial charge is 0.369 e. The Labute approximate surface area is 232 Å². The van der Waals surface area contributed by atoms with E-state index in [0.717, 1.165) is 52.6 Å². The minimum atomic E-state index is -0.793. The molecule has 0 radical (unpaired) electrons. The summed E-state index contributed by atoms with van der Waals surface area (Å²) in [6, 6.07) is 23.3. The van der Waals surface area contributed by atoms with E-state index in [0.29, 0.717) is 16.7 Å². The normalized spacial score (nSPS) is 13.7. The number of fused-ring (bicyclic) bond motifs is 4. The third-order valence-electron chi connectivity index (χ3n) is 6.39. The topological polar surface area (TPSA) is 91.0 Å².